The lowest BCUT2D eigenvalue weighted by Crippen LogP contribution is -2.39. The third-order valence-electron chi connectivity index (χ3n) is 3.85. The molecular formula is C14H23N3O. The smallest absolute Gasteiger partial charge is 0.138 e. The number of hydrogen-bond donors (Lipinski definition) is 0. The average Bonchev–Trinajstić information content (AvgIpc) is 2.81. The maximum atomic E-state index is 11.5. The van der Waals surface area contributed by atoms with Crippen LogP contribution in [0.1, 0.15) is 45.3 Å². The molecule has 4 heteroatoms. The van der Waals surface area contributed by atoms with Gasteiger partial charge in [-0.05, 0) is 19.4 Å². The Morgan fingerprint density at radius 2 is 2.33 bits per heavy atom. The Kier molecular flexibility index (Phi) is 4.17. The van der Waals surface area contributed by atoms with Crippen LogP contribution >= 0.6 is 0 Å². The van der Waals surface area contributed by atoms with Crippen molar-refractivity contribution in [1.29, 1.82) is 0 Å². The number of nitrogens with zero attached hydrogens (tertiary/aromatic N) is 3. The van der Waals surface area contributed by atoms with Gasteiger partial charge in [0.1, 0.15) is 5.78 Å². The van der Waals surface area contributed by atoms with Gasteiger partial charge in [-0.2, -0.15) is 5.10 Å². The highest BCUT2D eigenvalue weighted by Gasteiger charge is 2.23. The quantitative estimate of drug-likeness (QED) is 0.821. The first-order valence-corrected chi connectivity index (χ1v) is 6.89. The summed E-state index contributed by atoms with van der Waals surface area (Å²) in [4.78, 5) is 13.8. The van der Waals surface area contributed by atoms with E-state index in [9.17, 15) is 4.79 Å². The number of ketones is 1. The van der Waals surface area contributed by atoms with Gasteiger partial charge in [0.2, 0.25) is 0 Å². The maximum Gasteiger partial charge on any atom is 0.138 e. The number of carbonyl (C=O) groups is 1. The van der Waals surface area contributed by atoms with Crippen molar-refractivity contribution in [3.05, 3.63) is 18.0 Å². The van der Waals surface area contributed by atoms with Gasteiger partial charge in [0.25, 0.3) is 0 Å². The first-order valence-electron chi connectivity index (χ1n) is 6.89. The topological polar surface area (TPSA) is 38.1 Å². The first kappa shape index (κ1) is 13.3. The molecule has 0 aliphatic carbocycles. The van der Waals surface area contributed by atoms with Gasteiger partial charge in [0.05, 0.1) is 5.69 Å². The summed E-state index contributed by atoms with van der Waals surface area (Å²) in [5, 5.41) is 4.61. The summed E-state index contributed by atoms with van der Waals surface area (Å²) >= 11 is 0. The Morgan fingerprint density at radius 3 is 3.00 bits per heavy atom. The molecule has 0 radical (unpaired) electrons. The van der Waals surface area contributed by atoms with Crippen LogP contribution in [0.4, 0.5) is 0 Å². The molecule has 0 aromatic carbocycles. The molecule has 1 fully saturated rings. The molecule has 1 aromatic rings. The van der Waals surface area contributed by atoms with E-state index in [0.717, 1.165) is 31.7 Å². The summed E-state index contributed by atoms with van der Waals surface area (Å²) in [6.07, 6.45) is 3.84. The van der Waals surface area contributed by atoms with Crippen LogP contribution in [0.5, 0.6) is 0 Å². The number of hydrogen-bond acceptors (Lipinski definition) is 3. The number of carbonyl (C=O) groups excluding carboxylic acids is 1. The second-order valence-corrected chi connectivity index (χ2v) is 5.40. The van der Waals surface area contributed by atoms with E-state index in [1.807, 2.05) is 11.6 Å². The fourth-order valence-electron chi connectivity index (χ4n) is 2.36. The Hall–Kier alpha value is -1.16. The van der Waals surface area contributed by atoms with Gasteiger partial charge in [-0.1, -0.05) is 13.8 Å². The molecule has 100 valence electrons. The van der Waals surface area contributed by atoms with Gasteiger partial charge in [-0.3, -0.25) is 14.4 Å². The molecule has 2 unspecified atom stereocenters. The van der Waals surface area contributed by atoms with Crippen molar-refractivity contribution in [1.82, 2.24) is 14.7 Å². The number of piperidine rings is 1. The molecule has 1 aliphatic heterocycles. The van der Waals surface area contributed by atoms with E-state index in [0.29, 0.717) is 18.2 Å². The van der Waals surface area contributed by atoms with E-state index >= 15 is 0 Å². The number of aromatic nitrogens is 2. The van der Waals surface area contributed by atoms with Crippen LogP contribution in [0.25, 0.3) is 0 Å². The Balaban J connectivity index is 1.93. The summed E-state index contributed by atoms with van der Waals surface area (Å²) in [7, 11) is 0. The zero-order chi connectivity index (χ0) is 13.1. The van der Waals surface area contributed by atoms with E-state index in [-0.39, 0.29) is 5.92 Å². The number of rotatable bonds is 4. The predicted octanol–water partition coefficient (Wildman–Crippen LogP) is 2.27. The van der Waals surface area contributed by atoms with Crippen molar-refractivity contribution >= 4 is 5.78 Å². The number of likely N-dealkylation sites (tertiary alicyclic amines) is 1. The number of Topliss-reactive ketones (excluding diaryl/α,β-unsaturated/α-hetero) is 1. The maximum absolute atomic E-state index is 11.5. The molecule has 0 spiro atoms. The molecule has 1 aromatic heterocycles. The molecule has 2 rings (SSSR count). The SMILES string of the molecule is CCC(C)n1ccc(CN2CCC(=O)C(C)C2)n1. The summed E-state index contributed by atoms with van der Waals surface area (Å²) in [5.41, 5.74) is 1.11. The summed E-state index contributed by atoms with van der Waals surface area (Å²) in [5.74, 6) is 0.576. The summed E-state index contributed by atoms with van der Waals surface area (Å²) in [6.45, 7) is 8.98. The largest absolute Gasteiger partial charge is 0.299 e. The fraction of sp³-hybridized carbons (Fsp3) is 0.714. The van der Waals surface area contributed by atoms with E-state index in [4.69, 9.17) is 0 Å². The predicted molar refractivity (Wildman–Crippen MR) is 71.3 cm³/mol. The van der Waals surface area contributed by atoms with Crippen LogP contribution in [0.15, 0.2) is 12.3 Å². The van der Waals surface area contributed by atoms with Crippen LogP contribution in [0, 0.1) is 5.92 Å². The lowest BCUT2D eigenvalue weighted by Gasteiger charge is -2.29. The van der Waals surface area contributed by atoms with Crippen molar-refractivity contribution in [3.63, 3.8) is 0 Å². The van der Waals surface area contributed by atoms with Crippen molar-refractivity contribution in [2.45, 2.75) is 46.2 Å². The van der Waals surface area contributed by atoms with Gasteiger partial charge >= 0.3 is 0 Å². The van der Waals surface area contributed by atoms with Crippen LogP contribution in [-0.2, 0) is 11.3 Å². The van der Waals surface area contributed by atoms with Crippen molar-refractivity contribution in [2.24, 2.45) is 5.92 Å². The minimum atomic E-state index is 0.176. The summed E-state index contributed by atoms with van der Waals surface area (Å²) in [6, 6.07) is 2.55. The van der Waals surface area contributed by atoms with Crippen molar-refractivity contribution in [2.75, 3.05) is 13.1 Å². The summed E-state index contributed by atoms with van der Waals surface area (Å²) < 4.78 is 2.04. The van der Waals surface area contributed by atoms with Crippen LogP contribution < -0.4 is 0 Å². The standard InChI is InChI=1S/C14H23N3O/c1-4-12(3)17-8-5-13(15-17)10-16-7-6-14(18)11(2)9-16/h5,8,11-12H,4,6-7,9-10H2,1-3H3. The monoisotopic (exact) mass is 249 g/mol. The Morgan fingerprint density at radius 1 is 1.56 bits per heavy atom. The third kappa shape index (κ3) is 2.99. The highest BCUT2D eigenvalue weighted by Crippen LogP contribution is 2.15. The first-order chi connectivity index (χ1) is 8.60. The second kappa shape index (κ2) is 5.65. The van der Waals surface area contributed by atoms with Crippen LogP contribution in [-0.4, -0.2) is 33.6 Å². The third-order valence-corrected chi connectivity index (χ3v) is 3.85. The molecule has 0 N–H and O–H groups in total. The Labute approximate surface area is 109 Å². The van der Waals surface area contributed by atoms with E-state index in [1.54, 1.807) is 0 Å². The minimum absolute atomic E-state index is 0.176. The zero-order valence-electron chi connectivity index (χ0n) is 11.6. The molecular weight excluding hydrogens is 226 g/mol. The van der Waals surface area contributed by atoms with Crippen molar-refractivity contribution in [3.8, 4) is 0 Å². The molecule has 2 heterocycles. The molecule has 0 saturated carbocycles. The zero-order valence-corrected chi connectivity index (χ0v) is 11.6. The van der Waals surface area contributed by atoms with Gasteiger partial charge < -0.3 is 0 Å². The van der Waals surface area contributed by atoms with E-state index in [1.165, 1.54) is 0 Å². The highest BCUT2D eigenvalue weighted by molar-refractivity contribution is 5.81. The van der Waals surface area contributed by atoms with Crippen LogP contribution in [0.3, 0.4) is 0 Å². The van der Waals surface area contributed by atoms with Gasteiger partial charge in [-0.15, -0.1) is 0 Å². The molecule has 2 atom stereocenters. The average molecular weight is 249 g/mol. The molecule has 1 aliphatic rings. The van der Waals surface area contributed by atoms with Gasteiger partial charge in [0.15, 0.2) is 0 Å². The Bertz CT molecular complexity index is 413. The minimum Gasteiger partial charge on any atom is -0.299 e. The fourth-order valence-corrected chi connectivity index (χ4v) is 2.36. The van der Waals surface area contributed by atoms with Gasteiger partial charge in [0, 0.05) is 44.2 Å². The lowest BCUT2D eigenvalue weighted by molar-refractivity contribution is -0.125. The lowest BCUT2D eigenvalue weighted by atomic mass is 9.98. The molecule has 1 saturated heterocycles. The normalized spacial score (nSPS) is 23.3. The van der Waals surface area contributed by atoms with Gasteiger partial charge in [-0.25, -0.2) is 0 Å². The second-order valence-electron chi connectivity index (χ2n) is 5.40. The molecule has 4 nitrogen and oxygen atoms in total. The van der Waals surface area contributed by atoms with E-state index in [2.05, 4.69) is 36.1 Å². The highest BCUT2D eigenvalue weighted by atomic mass is 16.1. The molecule has 0 bridgehead atoms. The van der Waals surface area contributed by atoms with Crippen molar-refractivity contribution < 1.29 is 4.79 Å². The van der Waals surface area contributed by atoms with E-state index < -0.39 is 0 Å². The molecule has 0 amide bonds. The van der Waals surface area contributed by atoms with Crippen LogP contribution in [0.2, 0.25) is 0 Å². The molecule has 18 heavy (non-hydrogen) atoms.